The Hall–Kier alpha value is -0.780. The van der Waals surface area contributed by atoms with Gasteiger partial charge in [0.1, 0.15) is 6.54 Å². The van der Waals surface area contributed by atoms with Crippen molar-refractivity contribution in [2.45, 2.75) is 44.9 Å². The van der Waals surface area contributed by atoms with Crippen LogP contribution < -0.4 is 5.32 Å². The summed E-state index contributed by atoms with van der Waals surface area (Å²) in [6, 6.07) is -0.294. The molecule has 3 nitrogen and oxygen atoms in total. The molecule has 0 spiro atoms. The van der Waals surface area contributed by atoms with E-state index in [1.165, 1.54) is 0 Å². The van der Waals surface area contributed by atoms with Gasteiger partial charge in [0.25, 0.3) is 0 Å². The monoisotopic (exact) mass is 238 g/mol. The minimum absolute atomic E-state index is 0.153. The number of likely N-dealkylation sites (tertiary alicyclic amines) is 1. The molecule has 1 rings (SSSR count). The average molecular weight is 238 g/mol. The first-order valence-corrected chi connectivity index (χ1v) is 5.45. The van der Waals surface area contributed by atoms with Crippen LogP contribution in [0.5, 0.6) is 0 Å². The summed E-state index contributed by atoms with van der Waals surface area (Å²) in [6.07, 6.45) is -3.00. The summed E-state index contributed by atoms with van der Waals surface area (Å²) >= 11 is 0. The number of halogens is 3. The lowest BCUT2D eigenvalue weighted by atomic mass is 10.2. The maximum Gasteiger partial charge on any atom is 0.406 e. The molecule has 6 heteroatoms. The van der Waals surface area contributed by atoms with E-state index in [2.05, 4.69) is 5.32 Å². The molecule has 94 valence electrons. The summed E-state index contributed by atoms with van der Waals surface area (Å²) in [5.74, 6) is -0.433. The van der Waals surface area contributed by atoms with Crippen LogP contribution in [0.25, 0.3) is 0 Å². The van der Waals surface area contributed by atoms with Crippen LogP contribution in [0.2, 0.25) is 0 Å². The van der Waals surface area contributed by atoms with Gasteiger partial charge in [-0.1, -0.05) is 6.92 Å². The molecule has 2 unspecified atom stereocenters. The zero-order chi connectivity index (χ0) is 12.3. The molecule has 1 amide bonds. The van der Waals surface area contributed by atoms with Gasteiger partial charge < -0.3 is 10.2 Å². The number of carbonyl (C=O) groups is 1. The number of amides is 1. The quantitative estimate of drug-likeness (QED) is 0.805. The van der Waals surface area contributed by atoms with Crippen LogP contribution in [-0.4, -0.2) is 42.2 Å². The number of carbonyl (C=O) groups excluding carboxylic acids is 1. The van der Waals surface area contributed by atoms with Crippen LogP contribution in [-0.2, 0) is 4.79 Å². The fourth-order valence-corrected chi connectivity index (χ4v) is 1.73. The van der Waals surface area contributed by atoms with Gasteiger partial charge in [-0.25, -0.2) is 0 Å². The molecule has 0 saturated carbocycles. The van der Waals surface area contributed by atoms with E-state index in [0.717, 1.165) is 11.3 Å². The number of hydrogen-bond donors (Lipinski definition) is 1. The van der Waals surface area contributed by atoms with Crippen molar-refractivity contribution < 1.29 is 18.0 Å². The molecule has 1 N–H and O–H groups in total. The predicted molar refractivity (Wildman–Crippen MR) is 53.9 cm³/mol. The Morgan fingerprint density at radius 3 is 2.69 bits per heavy atom. The lowest BCUT2D eigenvalue weighted by Gasteiger charge is -2.20. The van der Waals surface area contributed by atoms with Crippen molar-refractivity contribution in [2.24, 2.45) is 0 Å². The van der Waals surface area contributed by atoms with E-state index in [9.17, 15) is 18.0 Å². The Morgan fingerprint density at radius 1 is 1.56 bits per heavy atom. The summed E-state index contributed by atoms with van der Waals surface area (Å²) in [7, 11) is 0. The van der Waals surface area contributed by atoms with E-state index in [1.807, 2.05) is 13.8 Å². The van der Waals surface area contributed by atoms with Gasteiger partial charge >= 0.3 is 6.18 Å². The first kappa shape index (κ1) is 13.3. The van der Waals surface area contributed by atoms with Gasteiger partial charge in [0.15, 0.2) is 0 Å². The third-order valence-corrected chi connectivity index (χ3v) is 2.77. The summed E-state index contributed by atoms with van der Waals surface area (Å²) in [5, 5.41) is 3.04. The van der Waals surface area contributed by atoms with E-state index in [1.54, 1.807) is 0 Å². The van der Waals surface area contributed by atoms with Crippen molar-refractivity contribution in [3.05, 3.63) is 0 Å². The minimum atomic E-state index is -4.30. The highest BCUT2D eigenvalue weighted by atomic mass is 19.4. The number of nitrogens with one attached hydrogen (secondary N) is 1. The highest BCUT2D eigenvalue weighted by Crippen LogP contribution is 2.21. The molecule has 0 aromatic heterocycles. The molecule has 1 fully saturated rings. The third-order valence-electron chi connectivity index (χ3n) is 2.77. The predicted octanol–water partition coefficient (Wildman–Crippen LogP) is 1.54. The van der Waals surface area contributed by atoms with Gasteiger partial charge in [-0.3, -0.25) is 4.79 Å². The highest BCUT2D eigenvalue weighted by molar-refractivity contribution is 5.84. The van der Waals surface area contributed by atoms with E-state index in [4.69, 9.17) is 0 Å². The SMILES string of the molecule is CCC(C)NC1CCN(CC(F)(F)F)C1=O. The molecule has 16 heavy (non-hydrogen) atoms. The van der Waals surface area contributed by atoms with Crippen LogP contribution in [0.1, 0.15) is 26.7 Å². The molecule has 0 aliphatic carbocycles. The normalized spacial score (nSPS) is 23.9. The maximum atomic E-state index is 12.1. The number of rotatable bonds is 4. The second-order valence-electron chi connectivity index (χ2n) is 4.19. The topological polar surface area (TPSA) is 32.3 Å². The largest absolute Gasteiger partial charge is 0.406 e. The molecular formula is C10H17F3N2O. The lowest BCUT2D eigenvalue weighted by molar-refractivity contribution is -0.158. The first-order valence-electron chi connectivity index (χ1n) is 5.45. The molecule has 1 aliphatic heterocycles. The Bertz CT molecular complexity index is 255. The second-order valence-corrected chi connectivity index (χ2v) is 4.19. The van der Waals surface area contributed by atoms with Crippen molar-refractivity contribution in [3.8, 4) is 0 Å². The number of nitrogens with zero attached hydrogens (tertiary/aromatic N) is 1. The first-order chi connectivity index (χ1) is 7.33. The molecule has 1 heterocycles. The Balaban J connectivity index is 2.48. The van der Waals surface area contributed by atoms with Crippen LogP contribution >= 0.6 is 0 Å². The minimum Gasteiger partial charge on any atom is -0.332 e. The molecule has 0 aromatic rings. The van der Waals surface area contributed by atoms with E-state index in [-0.39, 0.29) is 12.6 Å². The Morgan fingerprint density at radius 2 is 2.19 bits per heavy atom. The summed E-state index contributed by atoms with van der Waals surface area (Å²) in [5.41, 5.74) is 0. The fourth-order valence-electron chi connectivity index (χ4n) is 1.73. The van der Waals surface area contributed by atoms with Crippen molar-refractivity contribution in [1.29, 1.82) is 0 Å². The van der Waals surface area contributed by atoms with Gasteiger partial charge in [0.2, 0.25) is 5.91 Å². The van der Waals surface area contributed by atoms with Gasteiger partial charge in [0.05, 0.1) is 6.04 Å². The van der Waals surface area contributed by atoms with E-state index >= 15 is 0 Å². The van der Waals surface area contributed by atoms with Crippen molar-refractivity contribution in [3.63, 3.8) is 0 Å². The van der Waals surface area contributed by atoms with Crippen LogP contribution in [0.4, 0.5) is 13.2 Å². The van der Waals surface area contributed by atoms with Crippen LogP contribution in [0, 0.1) is 0 Å². The molecule has 1 aliphatic rings. The number of hydrogen-bond acceptors (Lipinski definition) is 2. The van der Waals surface area contributed by atoms with Gasteiger partial charge in [-0.05, 0) is 19.8 Å². The maximum absolute atomic E-state index is 12.1. The molecule has 2 atom stereocenters. The van der Waals surface area contributed by atoms with Crippen molar-refractivity contribution in [1.82, 2.24) is 10.2 Å². The van der Waals surface area contributed by atoms with E-state index in [0.29, 0.717) is 6.42 Å². The summed E-state index contributed by atoms with van der Waals surface area (Å²) < 4.78 is 36.4. The standard InChI is InChI=1S/C10H17F3N2O/c1-3-7(2)14-8-4-5-15(9(8)16)6-10(11,12)13/h7-8,14H,3-6H2,1-2H3. The highest BCUT2D eigenvalue weighted by Gasteiger charge is 2.39. The van der Waals surface area contributed by atoms with Crippen molar-refractivity contribution >= 4 is 5.91 Å². The fraction of sp³-hybridized carbons (Fsp3) is 0.900. The van der Waals surface area contributed by atoms with Gasteiger partial charge in [-0.15, -0.1) is 0 Å². The molecule has 0 radical (unpaired) electrons. The van der Waals surface area contributed by atoms with Crippen LogP contribution in [0.15, 0.2) is 0 Å². The van der Waals surface area contributed by atoms with Crippen LogP contribution in [0.3, 0.4) is 0 Å². The Labute approximate surface area is 93.0 Å². The molecule has 0 bridgehead atoms. The Kier molecular flexibility index (Phi) is 4.18. The number of alkyl halides is 3. The van der Waals surface area contributed by atoms with Gasteiger partial charge in [0, 0.05) is 12.6 Å². The third kappa shape index (κ3) is 3.66. The zero-order valence-electron chi connectivity index (χ0n) is 9.47. The lowest BCUT2D eigenvalue weighted by Crippen LogP contribution is -2.44. The van der Waals surface area contributed by atoms with Crippen molar-refractivity contribution in [2.75, 3.05) is 13.1 Å². The summed E-state index contributed by atoms with van der Waals surface area (Å²) in [6.45, 7) is 2.93. The van der Waals surface area contributed by atoms with Gasteiger partial charge in [-0.2, -0.15) is 13.2 Å². The van der Waals surface area contributed by atoms with E-state index < -0.39 is 24.7 Å². The average Bonchev–Trinajstić information content (AvgIpc) is 2.47. The molecular weight excluding hydrogens is 221 g/mol. The summed E-state index contributed by atoms with van der Waals surface area (Å²) in [4.78, 5) is 12.5. The molecule has 0 aromatic carbocycles. The molecule has 1 saturated heterocycles. The second kappa shape index (κ2) is 5.03. The zero-order valence-corrected chi connectivity index (χ0v) is 9.47. The smallest absolute Gasteiger partial charge is 0.332 e.